The van der Waals surface area contributed by atoms with Gasteiger partial charge in [0.1, 0.15) is 0 Å². The molecule has 0 saturated carbocycles. The molecule has 0 heterocycles. The summed E-state index contributed by atoms with van der Waals surface area (Å²) in [6.45, 7) is 4.28. The zero-order chi connectivity index (χ0) is 23.3. The second kappa shape index (κ2) is 9.68. The summed E-state index contributed by atoms with van der Waals surface area (Å²) in [6.07, 6.45) is 0. The highest BCUT2D eigenvalue weighted by Crippen LogP contribution is 2.39. The molecule has 2 nitrogen and oxygen atoms in total. The van der Waals surface area contributed by atoms with E-state index < -0.39 is 0 Å². The van der Waals surface area contributed by atoms with Crippen LogP contribution in [0.5, 0.6) is 0 Å². The molecule has 0 aliphatic rings. The molecule has 0 radical (unpaired) electrons. The standard InChI is InChI=1S/C32H28N2/c1-25-17-19-29(20-18-25)33(27-12-5-3-6-13-27)30-21-23-31(24-22-30)34(28-14-7-4-8-15-28)32-16-10-9-11-26(32)2/h3-24H,1-2H3. The molecule has 0 aliphatic carbocycles. The van der Waals surface area contributed by atoms with Gasteiger partial charge in [0.25, 0.3) is 0 Å². The second-order valence-electron chi connectivity index (χ2n) is 8.48. The largest absolute Gasteiger partial charge is 0.311 e. The lowest BCUT2D eigenvalue weighted by molar-refractivity contribution is 1.24. The third kappa shape index (κ3) is 4.44. The van der Waals surface area contributed by atoms with Crippen molar-refractivity contribution in [1.82, 2.24) is 0 Å². The van der Waals surface area contributed by atoms with Gasteiger partial charge in [0.2, 0.25) is 0 Å². The number of hydrogen-bond acceptors (Lipinski definition) is 2. The first kappa shape index (κ1) is 21.5. The molecule has 0 N–H and O–H groups in total. The van der Waals surface area contributed by atoms with Crippen LogP contribution in [0.1, 0.15) is 11.1 Å². The fraction of sp³-hybridized carbons (Fsp3) is 0.0625. The number of rotatable bonds is 6. The number of para-hydroxylation sites is 3. The Morgan fingerprint density at radius 3 is 1.26 bits per heavy atom. The molecule has 34 heavy (non-hydrogen) atoms. The van der Waals surface area contributed by atoms with E-state index in [0.717, 1.165) is 28.4 Å². The summed E-state index contributed by atoms with van der Waals surface area (Å²) in [4.78, 5) is 4.61. The van der Waals surface area contributed by atoms with Crippen molar-refractivity contribution in [3.8, 4) is 0 Å². The average molecular weight is 441 g/mol. The topological polar surface area (TPSA) is 6.48 Å². The van der Waals surface area contributed by atoms with Crippen LogP contribution >= 0.6 is 0 Å². The minimum Gasteiger partial charge on any atom is -0.311 e. The molecule has 166 valence electrons. The third-order valence-corrected chi connectivity index (χ3v) is 6.04. The van der Waals surface area contributed by atoms with Crippen molar-refractivity contribution in [2.24, 2.45) is 0 Å². The van der Waals surface area contributed by atoms with Gasteiger partial charge >= 0.3 is 0 Å². The van der Waals surface area contributed by atoms with Crippen LogP contribution in [0.15, 0.2) is 133 Å². The van der Waals surface area contributed by atoms with Gasteiger partial charge in [-0.1, -0.05) is 72.3 Å². The fourth-order valence-corrected chi connectivity index (χ4v) is 4.29. The van der Waals surface area contributed by atoms with Gasteiger partial charge in [-0.05, 0) is 86.1 Å². The Morgan fingerprint density at radius 1 is 0.353 bits per heavy atom. The van der Waals surface area contributed by atoms with Gasteiger partial charge in [0, 0.05) is 34.1 Å². The minimum atomic E-state index is 1.12. The van der Waals surface area contributed by atoms with E-state index in [9.17, 15) is 0 Å². The summed E-state index contributed by atoms with van der Waals surface area (Å²) in [6, 6.07) is 47.1. The smallest absolute Gasteiger partial charge is 0.0490 e. The Morgan fingerprint density at radius 2 is 0.735 bits per heavy atom. The Labute approximate surface area is 202 Å². The van der Waals surface area contributed by atoms with Crippen molar-refractivity contribution in [3.63, 3.8) is 0 Å². The Bertz CT molecular complexity index is 1340. The normalized spacial score (nSPS) is 10.6. The van der Waals surface area contributed by atoms with Gasteiger partial charge in [-0.25, -0.2) is 0 Å². The summed E-state index contributed by atoms with van der Waals surface area (Å²) >= 11 is 0. The van der Waals surface area contributed by atoms with Crippen molar-refractivity contribution >= 4 is 34.1 Å². The first-order valence-electron chi connectivity index (χ1n) is 11.6. The molecular formula is C32H28N2. The molecule has 5 rings (SSSR count). The summed E-state index contributed by atoms with van der Waals surface area (Å²) in [5, 5.41) is 0. The van der Waals surface area contributed by atoms with Crippen molar-refractivity contribution in [1.29, 1.82) is 0 Å². The molecular weight excluding hydrogens is 412 g/mol. The van der Waals surface area contributed by atoms with Crippen LogP contribution in [0.3, 0.4) is 0 Å². The van der Waals surface area contributed by atoms with Crippen LogP contribution in [-0.2, 0) is 0 Å². The number of anilines is 6. The number of aryl methyl sites for hydroxylation is 2. The van der Waals surface area contributed by atoms with Crippen LogP contribution in [-0.4, -0.2) is 0 Å². The van der Waals surface area contributed by atoms with Gasteiger partial charge in [-0.15, -0.1) is 0 Å². The molecule has 0 fully saturated rings. The van der Waals surface area contributed by atoms with Gasteiger partial charge in [-0.3, -0.25) is 0 Å². The zero-order valence-electron chi connectivity index (χ0n) is 19.6. The molecule has 0 saturated heterocycles. The van der Waals surface area contributed by atoms with Crippen LogP contribution < -0.4 is 9.80 Å². The maximum absolute atomic E-state index is 2.32. The molecule has 0 amide bonds. The van der Waals surface area contributed by atoms with Gasteiger partial charge in [0.05, 0.1) is 0 Å². The second-order valence-corrected chi connectivity index (χ2v) is 8.48. The van der Waals surface area contributed by atoms with Gasteiger partial charge in [0.15, 0.2) is 0 Å². The van der Waals surface area contributed by atoms with Gasteiger partial charge in [-0.2, -0.15) is 0 Å². The van der Waals surface area contributed by atoms with Crippen molar-refractivity contribution < 1.29 is 0 Å². The molecule has 0 aliphatic heterocycles. The zero-order valence-corrected chi connectivity index (χ0v) is 19.6. The highest BCUT2D eigenvalue weighted by atomic mass is 15.2. The van der Waals surface area contributed by atoms with E-state index in [4.69, 9.17) is 0 Å². The highest BCUT2D eigenvalue weighted by molar-refractivity contribution is 5.81. The lowest BCUT2D eigenvalue weighted by atomic mass is 10.1. The number of benzene rings is 5. The van der Waals surface area contributed by atoms with Crippen LogP contribution in [0.25, 0.3) is 0 Å². The monoisotopic (exact) mass is 440 g/mol. The van der Waals surface area contributed by atoms with Crippen LogP contribution in [0, 0.1) is 13.8 Å². The summed E-state index contributed by atoms with van der Waals surface area (Å²) in [5.74, 6) is 0. The lowest BCUT2D eigenvalue weighted by Gasteiger charge is -2.29. The van der Waals surface area contributed by atoms with Crippen molar-refractivity contribution in [2.75, 3.05) is 9.80 Å². The summed E-state index contributed by atoms with van der Waals surface area (Å²) < 4.78 is 0. The number of hydrogen-bond donors (Lipinski definition) is 0. The predicted molar refractivity (Wildman–Crippen MR) is 145 cm³/mol. The van der Waals surface area contributed by atoms with E-state index in [0.29, 0.717) is 0 Å². The van der Waals surface area contributed by atoms with E-state index in [1.165, 1.54) is 16.8 Å². The van der Waals surface area contributed by atoms with E-state index in [1.807, 2.05) is 0 Å². The SMILES string of the molecule is Cc1ccc(N(c2ccccc2)c2ccc(N(c3ccccc3)c3ccccc3C)cc2)cc1. The molecule has 0 aromatic heterocycles. The Balaban J connectivity index is 1.59. The summed E-state index contributed by atoms with van der Waals surface area (Å²) in [7, 11) is 0. The van der Waals surface area contributed by atoms with Crippen LogP contribution in [0.2, 0.25) is 0 Å². The number of nitrogens with zero attached hydrogens (tertiary/aromatic N) is 2. The van der Waals surface area contributed by atoms with E-state index in [1.54, 1.807) is 0 Å². The molecule has 5 aromatic rings. The predicted octanol–water partition coefficient (Wildman–Crippen LogP) is 9.24. The fourth-order valence-electron chi connectivity index (χ4n) is 4.29. The first-order valence-corrected chi connectivity index (χ1v) is 11.6. The molecule has 0 unspecified atom stereocenters. The van der Waals surface area contributed by atoms with Gasteiger partial charge < -0.3 is 9.80 Å². The minimum absolute atomic E-state index is 1.12. The molecule has 5 aromatic carbocycles. The van der Waals surface area contributed by atoms with Crippen LogP contribution in [0.4, 0.5) is 34.1 Å². The Kier molecular flexibility index (Phi) is 6.13. The van der Waals surface area contributed by atoms with E-state index in [-0.39, 0.29) is 0 Å². The lowest BCUT2D eigenvalue weighted by Crippen LogP contribution is -2.12. The molecule has 0 bridgehead atoms. The quantitative estimate of drug-likeness (QED) is 0.259. The Hall–Kier alpha value is -4.30. The molecule has 2 heteroatoms. The highest BCUT2D eigenvalue weighted by Gasteiger charge is 2.16. The average Bonchev–Trinajstić information content (AvgIpc) is 2.89. The molecule has 0 spiro atoms. The first-order chi connectivity index (χ1) is 16.7. The van der Waals surface area contributed by atoms with Crippen molar-refractivity contribution in [2.45, 2.75) is 13.8 Å². The summed E-state index contributed by atoms with van der Waals surface area (Å²) in [5.41, 5.74) is 9.34. The maximum Gasteiger partial charge on any atom is 0.0490 e. The maximum atomic E-state index is 2.32. The molecule has 0 atom stereocenters. The van der Waals surface area contributed by atoms with Crippen molar-refractivity contribution in [3.05, 3.63) is 145 Å². The van der Waals surface area contributed by atoms with E-state index >= 15 is 0 Å². The third-order valence-electron chi connectivity index (χ3n) is 6.04. The van der Waals surface area contributed by atoms with E-state index in [2.05, 4.69) is 157 Å².